The molecule has 146 valence electrons. The van der Waals surface area contributed by atoms with Crippen molar-refractivity contribution < 1.29 is 13.2 Å². The lowest BCUT2D eigenvalue weighted by Crippen LogP contribution is -2.30. The van der Waals surface area contributed by atoms with Crippen LogP contribution in [0.1, 0.15) is 10.4 Å². The van der Waals surface area contributed by atoms with Gasteiger partial charge in [0.25, 0.3) is 5.91 Å². The van der Waals surface area contributed by atoms with Crippen LogP contribution in [-0.2, 0) is 9.84 Å². The summed E-state index contributed by atoms with van der Waals surface area (Å²) in [5.74, 6) is 4.98. The van der Waals surface area contributed by atoms with Gasteiger partial charge in [-0.3, -0.25) is 10.2 Å². The first-order valence-corrected chi connectivity index (χ1v) is 10.8. The first-order valence-electron chi connectivity index (χ1n) is 8.90. The highest BCUT2D eigenvalue weighted by molar-refractivity contribution is 7.90. The standard InChI is InChI=1S/C22H19N3O3S/c1-29(27,28)17-9-5-8-15(10-17)20-13-24-21-18(20)11-16(12-19(21)22(26)25-23)14-6-3-2-4-7-14/h2-13,24H,23H2,1H3,(H,25,26). The zero-order valence-electron chi connectivity index (χ0n) is 15.6. The third-order valence-corrected chi connectivity index (χ3v) is 5.96. The van der Waals surface area contributed by atoms with Crippen molar-refractivity contribution in [3.05, 3.63) is 78.5 Å². The first kappa shape index (κ1) is 18.9. The molecule has 0 fully saturated rings. The number of benzene rings is 3. The fourth-order valence-corrected chi connectivity index (χ4v) is 4.09. The predicted octanol–water partition coefficient (Wildman–Crippen LogP) is 3.51. The van der Waals surface area contributed by atoms with Crippen molar-refractivity contribution in [2.75, 3.05) is 6.26 Å². The van der Waals surface area contributed by atoms with Gasteiger partial charge in [-0.25, -0.2) is 14.3 Å². The number of rotatable bonds is 4. The van der Waals surface area contributed by atoms with E-state index in [1.165, 1.54) is 6.26 Å². The molecule has 1 amide bonds. The number of carbonyl (C=O) groups is 1. The van der Waals surface area contributed by atoms with E-state index < -0.39 is 15.7 Å². The predicted molar refractivity (Wildman–Crippen MR) is 114 cm³/mol. The lowest BCUT2D eigenvalue weighted by molar-refractivity contribution is 0.0955. The molecule has 29 heavy (non-hydrogen) atoms. The number of nitrogens with one attached hydrogen (secondary N) is 2. The lowest BCUT2D eigenvalue weighted by Gasteiger charge is -2.09. The van der Waals surface area contributed by atoms with Crippen molar-refractivity contribution in [2.24, 2.45) is 5.84 Å². The van der Waals surface area contributed by atoms with Crippen molar-refractivity contribution in [3.8, 4) is 22.3 Å². The van der Waals surface area contributed by atoms with E-state index in [-0.39, 0.29) is 4.90 Å². The van der Waals surface area contributed by atoms with Gasteiger partial charge in [0.15, 0.2) is 9.84 Å². The van der Waals surface area contributed by atoms with E-state index >= 15 is 0 Å². The number of nitrogens with two attached hydrogens (primary N) is 1. The number of fused-ring (bicyclic) bond motifs is 1. The van der Waals surface area contributed by atoms with E-state index in [0.29, 0.717) is 11.1 Å². The summed E-state index contributed by atoms with van der Waals surface area (Å²) >= 11 is 0. The third kappa shape index (κ3) is 3.53. The second-order valence-corrected chi connectivity index (χ2v) is 8.80. The molecule has 0 aliphatic carbocycles. The zero-order valence-corrected chi connectivity index (χ0v) is 16.5. The molecule has 4 N–H and O–H groups in total. The largest absolute Gasteiger partial charge is 0.360 e. The maximum Gasteiger partial charge on any atom is 0.267 e. The quantitative estimate of drug-likeness (QED) is 0.274. The van der Waals surface area contributed by atoms with Gasteiger partial charge < -0.3 is 4.98 Å². The number of aromatic nitrogens is 1. The fourth-order valence-electron chi connectivity index (χ4n) is 3.42. The highest BCUT2D eigenvalue weighted by atomic mass is 32.2. The van der Waals surface area contributed by atoms with E-state index in [4.69, 9.17) is 5.84 Å². The van der Waals surface area contributed by atoms with Crippen LogP contribution in [0.3, 0.4) is 0 Å². The molecule has 0 radical (unpaired) electrons. The van der Waals surface area contributed by atoms with Crippen molar-refractivity contribution >= 4 is 26.6 Å². The van der Waals surface area contributed by atoms with Gasteiger partial charge in [-0.1, -0.05) is 42.5 Å². The number of hydrogen-bond donors (Lipinski definition) is 3. The van der Waals surface area contributed by atoms with E-state index in [2.05, 4.69) is 10.4 Å². The Morgan fingerprint density at radius 2 is 1.66 bits per heavy atom. The number of H-pyrrole nitrogens is 1. The Hall–Kier alpha value is -3.42. The highest BCUT2D eigenvalue weighted by Crippen LogP contribution is 2.35. The van der Waals surface area contributed by atoms with Crippen LogP contribution >= 0.6 is 0 Å². The molecule has 3 aromatic carbocycles. The lowest BCUT2D eigenvalue weighted by atomic mass is 9.96. The first-order chi connectivity index (χ1) is 13.9. The summed E-state index contributed by atoms with van der Waals surface area (Å²) in [4.78, 5) is 15.8. The monoisotopic (exact) mass is 405 g/mol. The molecule has 0 spiro atoms. The Morgan fingerprint density at radius 3 is 2.34 bits per heavy atom. The third-order valence-electron chi connectivity index (χ3n) is 4.85. The average molecular weight is 405 g/mol. The number of carbonyl (C=O) groups excluding carboxylic acids is 1. The number of hydrazine groups is 1. The van der Waals surface area contributed by atoms with Gasteiger partial charge in [0.1, 0.15) is 0 Å². The molecule has 0 bridgehead atoms. The molecular weight excluding hydrogens is 386 g/mol. The summed E-state index contributed by atoms with van der Waals surface area (Å²) in [5, 5.41) is 0.801. The van der Waals surface area contributed by atoms with Crippen LogP contribution in [0.15, 0.2) is 77.8 Å². The van der Waals surface area contributed by atoms with Crippen molar-refractivity contribution in [3.63, 3.8) is 0 Å². The normalized spacial score (nSPS) is 11.5. The summed E-state index contributed by atoms with van der Waals surface area (Å²) in [5.41, 5.74) is 6.59. The SMILES string of the molecule is CS(=O)(=O)c1cccc(-c2c[nH]c3c(C(=O)NN)cc(-c4ccccc4)cc23)c1. The average Bonchev–Trinajstić information content (AvgIpc) is 3.16. The van der Waals surface area contributed by atoms with E-state index in [9.17, 15) is 13.2 Å². The van der Waals surface area contributed by atoms with Crippen LogP contribution in [-0.4, -0.2) is 25.6 Å². The molecule has 0 saturated carbocycles. The fraction of sp³-hybridized carbons (Fsp3) is 0.0455. The molecule has 0 aliphatic rings. The van der Waals surface area contributed by atoms with E-state index in [1.807, 2.05) is 42.5 Å². The van der Waals surface area contributed by atoms with Crippen LogP contribution in [0.25, 0.3) is 33.2 Å². The topological polar surface area (TPSA) is 105 Å². The van der Waals surface area contributed by atoms with Gasteiger partial charge in [0.05, 0.1) is 16.0 Å². The molecule has 1 aromatic heterocycles. The molecule has 0 saturated heterocycles. The van der Waals surface area contributed by atoms with Gasteiger partial charge in [-0.05, 0) is 41.0 Å². The molecule has 6 nitrogen and oxygen atoms in total. The van der Waals surface area contributed by atoms with E-state index in [1.54, 1.807) is 30.5 Å². The summed E-state index contributed by atoms with van der Waals surface area (Å²) < 4.78 is 23.9. The highest BCUT2D eigenvalue weighted by Gasteiger charge is 2.17. The number of hydrogen-bond acceptors (Lipinski definition) is 4. The van der Waals surface area contributed by atoms with Crippen LogP contribution in [0.2, 0.25) is 0 Å². The maximum absolute atomic E-state index is 12.4. The molecule has 0 unspecified atom stereocenters. The summed E-state index contributed by atoms with van der Waals surface area (Å²) in [6, 6.07) is 20.2. The Labute approximate surface area is 168 Å². The molecule has 0 atom stereocenters. The number of sulfone groups is 1. The van der Waals surface area contributed by atoms with Crippen molar-refractivity contribution in [2.45, 2.75) is 4.90 Å². The molecule has 4 rings (SSSR count). The minimum atomic E-state index is -3.34. The molecule has 4 aromatic rings. The van der Waals surface area contributed by atoms with Crippen molar-refractivity contribution in [1.29, 1.82) is 0 Å². The number of nitrogen functional groups attached to an aromatic ring is 1. The molecule has 7 heteroatoms. The number of amides is 1. The second kappa shape index (κ2) is 7.20. The van der Waals surface area contributed by atoms with E-state index in [0.717, 1.165) is 27.6 Å². The Bertz CT molecular complexity index is 1330. The van der Waals surface area contributed by atoms with Crippen LogP contribution in [0.4, 0.5) is 0 Å². The summed E-state index contributed by atoms with van der Waals surface area (Å²) in [6.07, 6.45) is 2.95. The van der Waals surface area contributed by atoms with Gasteiger partial charge in [0.2, 0.25) is 0 Å². The zero-order chi connectivity index (χ0) is 20.6. The Morgan fingerprint density at radius 1 is 0.931 bits per heavy atom. The summed E-state index contributed by atoms with van der Waals surface area (Å²) in [7, 11) is -3.34. The number of aromatic amines is 1. The molecular formula is C22H19N3O3S. The van der Waals surface area contributed by atoms with Gasteiger partial charge in [-0.15, -0.1) is 0 Å². The van der Waals surface area contributed by atoms with Crippen LogP contribution < -0.4 is 11.3 Å². The van der Waals surface area contributed by atoms with Gasteiger partial charge >= 0.3 is 0 Å². The maximum atomic E-state index is 12.4. The Balaban J connectivity index is 1.99. The smallest absolute Gasteiger partial charge is 0.267 e. The molecule has 0 aliphatic heterocycles. The Kier molecular flexibility index (Phi) is 4.70. The van der Waals surface area contributed by atoms with Crippen molar-refractivity contribution in [1.82, 2.24) is 10.4 Å². The minimum absolute atomic E-state index is 0.239. The van der Waals surface area contributed by atoms with Crippen LogP contribution in [0, 0.1) is 0 Å². The minimum Gasteiger partial charge on any atom is -0.360 e. The second-order valence-electron chi connectivity index (χ2n) is 6.79. The molecule has 1 heterocycles. The van der Waals surface area contributed by atoms with Gasteiger partial charge in [-0.2, -0.15) is 0 Å². The summed E-state index contributed by atoms with van der Waals surface area (Å²) in [6.45, 7) is 0. The van der Waals surface area contributed by atoms with Gasteiger partial charge in [0, 0.05) is 23.4 Å². The van der Waals surface area contributed by atoms with Crippen LogP contribution in [0.5, 0.6) is 0 Å².